The molecule has 1 aliphatic heterocycles. The standard InChI is InChI=1S/C21H19ClN4O3/c1-12-19(13-7-9-14(29-2)10-8-13)25-26-17(11-18(27)24-20(12)26)21(28)23-16-6-4-3-5-15(16)22/h3-10,17H,11H2,1-2H3,(H,23,28)(H,24,27). The number of rotatable bonds is 4. The highest BCUT2D eigenvalue weighted by atomic mass is 35.5. The van der Waals surface area contributed by atoms with Gasteiger partial charge in [-0.2, -0.15) is 5.10 Å². The van der Waals surface area contributed by atoms with Gasteiger partial charge >= 0.3 is 0 Å². The van der Waals surface area contributed by atoms with Crippen LogP contribution in [0.4, 0.5) is 11.5 Å². The molecule has 1 aromatic heterocycles. The van der Waals surface area contributed by atoms with Crippen molar-refractivity contribution in [3.05, 3.63) is 59.1 Å². The number of amides is 2. The summed E-state index contributed by atoms with van der Waals surface area (Å²) in [6.07, 6.45) is -0.00748. The van der Waals surface area contributed by atoms with E-state index in [2.05, 4.69) is 15.7 Å². The van der Waals surface area contributed by atoms with E-state index in [0.29, 0.717) is 22.2 Å². The number of benzene rings is 2. The molecule has 29 heavy (non-hydrogen) atoms. The Morgan fingerprint density at radius 2 is 1.97 bits per heavy atom. The fraction of sp³-hybridized carbons (Fsp3) is 0.190. The summed E-state index contributed by atoms with van der Waals surface area (Å²) in [5, 5.41) is 10.7. The van der Waals surface area contributed by atoms with E-state index >= 15 is 0 Å². The van der Waals surface area contributed by atoms with Crippen LogP contribution in [0.1, 0.15) is 18.0 Å². The van der Waals surface area contributed by atoms with Crippen molar-refractivity contribution in [1.82, 2.24) is 9.78 Å². The number of carbonyl (C=O) groups is 2. The molecular weight excluding hydrogens is 392 g/mol. The van der Waals surface area contributed by atoms with Gasteiger partial charge in [0.1, 0.15) is 17.6 Å². The molecule has 1 unspecified atom stereocenters. The Labute approximate surface area is 172 Å². The first-order valence-corrected chi connectivity index (χ1v) is 9.44. The first-order chi connectivity index (χ1) is 14.0. The molecule has 0 saturated carbocycles. The van der Waals surface area contributed by atoms with Crippen LogP contribution in [0.15, 0.2) is 48.5 Å². The van der Waals surface area contributed by atoms with Gasteiger partial charge in [0.05, 0.1) is 29.9 Å². The van der Waals surface area contributed by atoms with Crippen LogP contribution in [0.2, 0.25) is 5.02 Å². The Morgan fingerprint density at radius 1 is 1.24 bits per heavy atom. The van der Waals surface area contributed by atoms with Gasteiger partial charge in [-0.1, -0.05) is 23.7 Å². The topological polar surface area (TPSA) is 85.2 Å². The number of para-hydroxylation sites is 1. The fourth-order valence-electron chi connectivity index (χ4n) is 3.34. The highest BCUT2D eigenvalue weighted by Crippen LogP contribution is 2.35. The molecule has 3 aromatic rings. The van der Waals surface area contributed by atoms with Crippen molar-refractivity contribution in [1.29, 1.82) is 0 Å². The summed E-state index contributed by atoms with van der Waals surface area (Å²) in [6.45, 7) is 1.87. The number of hydrogen-bond donors (Lipinski definition) is 2. The summed E-state index contributed by atoms with van der Waals surface area (Å²) >= 11 is 6.14. The van der Waals surface area contributed by atoms with Gasteiger partial charge in [0.2, 0.25) is 11.8 Å². The summed E-state index contributed by atoms with van der Waals surface area (Å²) < 4.78 is 6.77. The van der Waals surface area contributed by atoms with E-state index < -0.39 is 6.04 Å². The Bertz CT molecular complexity index is 1090. The van der Waals surface area contributed by atoms with Crippen LogP contribution in [-0.2, 0) is 9.59 Å². The molecule has 0 fully saturated rings. The zero-order valence-corrected chi connectivity index (χ0v) is 16.7. The first kappa shape index (κ1) is 19.0. The number of fused-ring (bicyclic) bond motifs is 1. The van der Waals surface area contributed by atoms with Gasteiger partial charge in [-0.15, -0.1) is 0 Å². The van der Waals surface area contributed by atoms with Crippen molar-refractivity contribution in [3.8, 4) is 17.0 Å². The van der Waals surface area contributed by atoms with Gasteiger partial charge in [0.25, 0.3) is 0 Å². The molecule has 0 saturated heterocycles. The second-order valence-electron chi connectivity index (χ2n) is 6.73. The minimum absolute atomic E-state index is 0.00748. The van der Waals surface area contributed by atoms with Gasteiger partial charge in [0, 0.05) is 11.1 Å². The molecule has 2 aromatic carbocycles. The molecule has 0 aliphatic carbocycles. The third kappa shape index (κ3) is 3.56. The largest absolute Gasteiger partial charge is 0.497 e. The number of halogens is 1. The second-order valence-corrected chi connectivity index (χ2v) is 7.14. The van der Waals surface area contributed by atoms with Crippen molar-refractivity contribution in [2.45, 2.75) is 19.4 Å². The molecule has 8 heteroatoms. The number of hydrogen-bond acceptors (Lipinski definition) is 4. The van der Waals surface area contributed by atoms with E-state index in [0.717, 1.165) is 16.9 Å². The van der Waals surface area contributed by atoms with E-state index in [9.17, 15) is 9.59 Å². The SMILES string of the molecule is COc1ccc(-c2nn3c(c2C)NC(=O)CC3C(=O)Nc2ccccc2Cl)cc1. The van der Waals surface area contributed by atoms with Crippen LogP contribution >= 0.6 is 11.6 Å². The Hall–Kier alpha value is -3.32. The van der Waals surface area contributed by atoms with Gasteiger partial charge in [-0.3, -0.25) is 9.59 Å². The summed E-state index contributed by atoms with van der Waals surface area (Å²) in [4.78, 5) is 25.2. The summed E-state index contributed by atoms with van der Waals surface area (Å²) in [7, 11) is 1.60. The number of methoxy groups -OCH3 is 1. The maximum absolute atomic E-state index is 12.9. The lowest BCUT2D eigenvalue weighted by Crippen LogP contribution is -2.36. The lowest BCUT2D eigenvalue weighted by Gasteiger charge is -2.24. The number of nitrogens with one attached hydrogen (secondary N) is 2. The van der Waals surface area contributed by atoms with Crippen LogP contribution in [0, 0.1) is 6.92 Å². The predicted octanol–water partition coefficient (Wildman–Crippen LogP) is 4.04. The molecule has 2 amide bonds. The molecule has 2 heterocycles. The normalized spacial score (nSPS) is 15.4. The quantitative estimate of drug-likeness (QED) is 0.679. The van der Waals surface area contributed by atoms with Crippen molar-refractivity contribution >= 4 is 34.9 Å². The maximum atomic E-state index is 12.9. The average Bonchev–Trinajstić information content (AvgIpc) is 3.05. The van der Waals surface area contributed by atoms with Crippen molar-refractivity contribution in [2.24, 2.45) is 0 Å². The van der Waals surface area contributed by atoms with E-state index in [-0.39, 0.29) is 18.2 Å². The Balaban J connectivity index is 1.70. The van der Waals surface area contributed by atoms with Crippen LogP contribution in [0.3, 0.4) is 0 Å². The first-order valence-electron chi connectivity index (χ1n) is 9.06. The second kappa shape index (κ2) is 7.60. The van der Waals surface area contributed by atoms with E-state index in [1.165, 1.54) is 0 Å². The molecule has 2 N–H and O–H groups in total. The molecule has 0 spiro atoms. The van der Waals surface area contributed by atoms with Gasteiger partial charge < -0.3 is 15.4 Å². The van der Waals surface area contributed by atoms with Crippen molar-refractivity contribution < 1.29 is 14.3 Å². The minimum atomic E-state index is -0.777. The summed E-state index contributed by atoms with van der Waals surface area (Å²) in [5.74, 6) is 0.672. The highest BCUT2D eigenvalue weighted by molar-refractivity contribution is 6.33. The van der Waals surface area contributed by atoms with E-state index in [1.807, 2.05) is 31.2 Å². The third-order valence-corrected chi connectivity index (χ3v) is 5.21. The van der Waals surface area contributed by atoms with Crippen LogP contribution in [0.25, 0.3) is 11.3 Å². The van der Waals surface area contributed by atoms with Crippen LogP contribution < -0.4 is 15.4 Å². The van der Waals surface area contributed by atoms with Gasteiger partial charge in [0.15, 0.2) is 0 Å². The molecular formula is C21H19ClN4O3. The van der Waals surface area contributed by atoms with Crippen molar-refractivity contribution in [2.75, 3.05) is 17.7 Å². The number of ether oxygens (including phenoxy) is 1. The lowest BCUT2D eigenvalue weighted by atomic mass is 10.1. The molecule has 0 bridgehead atoms. The zero-order valence-electron chi connectivity index (χ0n) is 15.9. The molecule has 148 valence electrons. The third-order valence-electron chi connectivity index (χ3n) is 4.88. The highest BCUT2D eigenvalue weighted by Gasteiger charge is 2.34. The number of aromatic nitrogens is 2. The zero-order chi connectivity index (χ0) is 20.5. The lowest BCUT2D eigenvalue weighted by molar-refractivity contribution is -0.125. The maximum Gasteiger partial charge on any atom is 0.249 e. The van der Waals surface area contributed by atoms with Crippen LogP contribution in [-0.4, -0.2) is 28.7 Å². The summed E-state index contributed by atoms with van der Waals surface area (Å²) in [6, 6.07) is 13.6. The Kier molecular flexibility index (Phi) is 4.98. The molecule has 7 nitrogen and oxygen atoms in total. The Morgan fingerprint density at radius 3 is 2.66 bits per heavy atom. The number of nitrogens with zero attached hydrogens (tertiary/aromatic N) is 2. The molecule has 0 radical (unpaired) electrons. The summed E-state index contributed by atoms with van der Waals surface area (Å²) in [5.41, 5.74) is 2.84. The monoisotopic (exact) mass is 410 g/mol. The smallest absolute Gasteiger partial charge is 0.249 e. The fourth-order valence-corrected chi connectivity index (χ4v) is 3.53. The molecule has 1 aliphatic rings. The van der Waals surface area contributed by atoms with E-state index in [4.69, 9.17) is 16.3 Å². The van der Waals surface area contributed by atoms with Crippen molar-refractivity contribution in [3.63, 3.8) is 0 Å². The van der Waals surface area contributed by atoms with Gasteiger partial charge in [-0.25, -0.2) is 4.68 Å². The minimum Gasteiger partial charge on any atom is -0.497 e. The molecule has 1 atom stereocenters. The predicted molar refractivity (Wildman–Crippen MR) is 111 cm³/mol. The van der Waals surface area contributed by atoms with E-state index in [1.54, 1.807) is 36.1 Å². The number of carbonyl (C=O) groups excluding carboxylic acids is 2. The van der Waals surface area contributed by atoms with Crippen LogP contribution in [0.5, 0.6) is 5.75 Å². The van der Waals surface area contributed by atoms with Gasteiger partial charge in [-0.05, 0) is 43.3 Å². The number of anilines is 2. The average molecular weight is 411 g/mol. The molecule has 4 rings (SSSR count).